The minimum Gasteiger partial charge on any atom is -0.338 e. The van der Waals surface area contributed by atoms with Crippen molar-refractivity contribution in [3.8, 4) is 0 Å². The lowest BCUT2D eigenvalue weighted by Gasteiger charge is -2.32. The topological polar surface area (TPSA) is 38.8 Å². The monoisotopic (exact) mass is 330 g/mol. The molecule has 2 heterocycles. The molecule has 2 aliphatic heterocycles. The summed E-state index contributed by atoms with van der Waals surface area (Å²) in [6.45, 7) is 8.15. The van der Waals surface area contributed by atoms with Crippen LogP contribution in [0.4, 0.5) is 0 Å². The number of benzene rings is 1. The van der Waals surface area contributed by atoms with Crippen LogP contribution in [0, 0.1) is 5.92 Å². The summed E-state index contributed by atoms with van der Waals surface area (Å²) >= 11 is 0. The Morgan fingerprint density at radius 1 is 1.21 bits per heavy atom. The molecule has 5 nitrogen and oxygen atoms in total. The van der Waals surface area contributed by atoms with E-state index in [1.807, 2.05) is 24.1 Å². The van der Waals surface area contributed by atoms with Gasteiger partial charge in [-0.3, -0.25) is 9.69 Å². The van der Waals surface area contributed by atoms with E-state index in [2.05, 4.69) is 34.3 Å². The number of nitrogens with zero attached hydrogens (tertiary/aromatic N) is 3. The number of hydrogen-bond donors (Lipinski definition) is 1. The number of amides is 1. The quantitative estimate of drug-likeness (QED) is 0.878. The standard InChI is InChI=1S/C19H30N4O/c1-20-13-17-6-7-23(15-17)19(24)18-5-3-4-16(12-18)14-22-10-8-21(2)9-11-22/h3-5,12,17,20H,6-11,13-15H2,1-2H3. The fraction of sp³-hybridized carbons (Fsp3) is 0.632. The molecule has 1 atom stereocenters. The van der Waals surface area contributed by atoms with Crippen LogP contribution in [0.15, 0.2) is 24.3 Å². The normalized spacial score (nSPS) is 22.9. The maximum absolute atomic E-state index is 12.8. The van der Waals surface area contributed by atoms with Crippen LogP contribution >= 0.6 is 0 Å². The van der Waals surface area contributed by atoms with Crippen LogP contribution in [0.5, 0.6) is 0 Å². The highest BCUT2D eigenvalue weighted by molar-refractivity contribution is 5.94. The molecule has 0 saturated carbocycles. The number of nitrogens with one attached hydrogen (secondary N) is 1. The van der Waals surface area contributed by atoms with Crippen LogP contribution < -0.4 is 5.32 Å². The van der Waals surface area contributed by atoms with Crippen molar-refractivity contribution in [3.63, 3.8) is 0 Å². The van der Waals surface area contributed by atoms with Crippen molar-refractivity contribution < 1.29 is 4.79 Å². The van der Waals surface area contributed by atoms with E-state index in [0.29, 0.717) is 5.92 Å². The molecule has 1 amide bonds. The highest BCUT2D eigenvalue weighted by atomic mass is 16.2. The molecule has 0 aliphatic carbocycles. The Bertz CT molecular complexity index is 554. The van der Waals surface area contributed by atoms with E-state index in [1.165, 1.54) is 5.56 Å². The average Bonchev–Trinajstić information content (AvgIpc) is 3.06. The molecule has 1 N–H and O–H groups in total. The zero-order valence-corrected chi connectivity index (χ0v) is 15.0. The van der Waals surface area contributed by atoms with Crippen molar-refractivity contribution in [1.29, 1.82) is 0 Å². The van der Waals surface area contributed by atoms with Crippen molar-refractivity contribution in [2.24, 2.45) is 5.92 Å². The molecule has 1 aromatic rings. The van der Waals surface area contributed by atoms with Crippen molar-refractivity contribution >= 4 is 5.91 Å². The second-order valence-corrected chi connectivity index (χ2v) is 7.24. The van der Waals surface area contributed by atoms with E-state index in [-0.39, 0.29) is 5.91 Å². The fourth-order valence-electron chi connectivity index (χ4n) is 3.72. The predicted octanol–water partition coefficient (Wildman–Crippen LogP) is 1.12. The third kappa shape index (κ3) is 4.35. The van der Waals surface area contributed by atoms with E-state index in [0.717, 1.165) is 64.3 Å². The molecule has 0 aromatic heterocycles. The van der Waals surface area contributed by atoms with Gasteiger partial charge in [0.05, 0.1) is 0 Å². The summed E-state index contributed by atoms with van der Waals surface area (Å²) in [5.74, 6) is 0.779. The van der Waals surface area contributed by atoms with Gasteiger partial charge in [-0.1, -0.05) is 12.1 Å². The van der Waals surface area contributed by atoms with Gasteiger partial charge in [0.25, 0.3) is 5.91 Å². The predicted molar refractivity (Wildman–Crippen MR) is 97.2 cm³/mol. The third-order valence-electron chi connectivity index (χ3n) is 5.24. The lowest BCUT2D eigenvalue weighted by Crippen LogP contribution is -2.43. The van der Waals surface area contributed by atoms with Gasteiger partial charge in [-0.25, -0.2) is 0 Å². The number of rotatable bonds is 5. The minimum absolute atomic E-state index is 0.189. The van der Waals surface area contributed by atoms with Crippen LogP contribution in [0.25, 0.3) is 0 Å². The number of hydrogen-bond acceptors (Lipinski definition) is 4. The van der Waals surface area contributed by atoms with Crippen molar-refractivity contribution in [2.75, 3.05) is 59.9 Å². The summed E-state index contributed by atoms with van der Waals surface area (Å²) in [5.41, 5.74) is 2.09. The lowest BCUT2D eigenvalue weighted by molar-refractivity contribution is 0.0787. The van der Waals surface area contributed by atoms with E-state index in [1.54, 1.807) is 0 Å². The molecule has 1 unspecified atom stereocenters. The Balaban J connectivity index is 1.59. The van der Waals surface area contributed by atoms with Gasteiger partial charge in [-0.05, 0) is 50.7 Å². The second-order valence-electron chi connectivity index (χ2n) is 7.24. The van der Waals surface area contributed by atoms with Gasteiger partial charge in [0.2, 0.25) is 0 Å². The highest BCUT2D eigenvalue weighted by Gasteiger charge is 2.26. The van der Waals surface area contributed by atoms with Crippen molar-refractivity contribution in [3.05, 3.63) is 35.4 Å². The Labute approximate surface area is 145 Å². The molecule has 24 heavy (non-hydrogen) atoms. The zero-order chi connectivity index (χ0) is 16.9. The molecule has 5 heteroatoms. The van der Waals surface area contributed by atoms with E-state index in [4.69, 9.17) is 0 Å². The molecular weight excluding hydrogens is 300 g/mol. The summed E-state index contributed by atoms with van der Waals surface area (Å²) in [5, 5.41) is 3.22. The largest absolute Gasteiger partial charge is 0.338 e. The molecule has 2 fully saturated rings. The number of likely N-dealkylation sites (tertiary alicyclic amines) is 1. The molecule has 1 aromatic carbocycles. The molecule has 0 spiro atoms. The first kappa shape index (κ1) is 17.4. The van der Waals surface area contributed by atoms with E-state index >= 15 is 0 Å². The van der Waals surface area contributed by atoms with Gasteiger partial charge in [0.1, 0.15) is 0 Å². The first-order chi connectivity index (χ1) is 11.7. The number of likely N-dealkylation sites (N-methyl/N-ethyl adjacent to an activating group) is 1. The first-order valence-electron chi connectivity index (χ1n) is 9.09. The summed E-state index contributed by atoms with van der Waals surface area (Å²) < 4.78 is 0. The molecule has 0 bridgehead atoms. The molecular formula is C19H30N4O. The van der Waals surface area contributed by atoms with Crippen LogP contribution in [-0.4, -0.2) is 80.5 Å². The van der Waals surface area contributed by atoms with Crippen molar-refractivity contribution in [2.45, 2.75) is 13.0 Å². The van der Waals surface area contributed by atoms with Crippen molar-refractivity contribution in [1.82, 2.24) is 20.0 Å². The molecule has 2 saturated heterocycles. The van der Waals surface area contributed by atoms with Crippen LogP contribution in [0.1, 0.15) is 22.3 Å². The minimum atomic E-state index is 0.189. The number of carbonyl (C=O) groups excluding carboxylic acids is 1. The van der Waals surface area contributed by atoms with Crippen LogP contribution in [0.2, 0.25) is 0 Å². The Hall–Kier alpha value is -1.43. The van der Waals surface area contributed by atoms with E-state index < -0.39 is 0 Å². The molecule has 2 aliphatic rings. The van der Waals surface area contributed by atoms with Crippen LogP contribution in [0.3, 0.4) is 0 Å². The lowest BCUT2D eigenvalue weighted by atomic mass is 10.1. The number of piperazine rings is 1. The van der Waals surface area contributed by atoms with Gasteiger partial charge in [0, 0.05) is 51.4 Å². The van der Waals surface area contributed by atoms with Gasteiger partial charge in [0.15, 0.2) is 0 Å². The fourth-order valence-corrected chi connectivity index (χ4v) is 3.72. The second kappa shape index (κ2) is 8.10. The maximum atomic E-state index is 12.8. The summed E-state index contributed by atoms with van der Waals surface area (Å²) in [6.07, 6.45) is 1.10. The van der Waals surface area contributed by atoms with Gasteiger partial charge < -0.3 is 15.1 Å². The smallest absolute Gasteiger partial charge is 0.253 e. The van der Waals surface area contributed by atoms with E-state index in [9.17, 15) is 4.79 Å². The summed E-state index contributed by atoms with van der Waals surface area (Å²) in [4.78, 5) is 19.6. The van der Waals surface area contributed by atoms with Gasteiger partial charge >= 0.3 is 0 Å². The molecule has 0 radical (unpaired) electrons. The number of carbonyl (C=O) groups is 1. The van der Waals surface area contributed by atoms with Gasteiger partial charge in [-0.15, -0.1) is 0 Å². The molecule has 132 valence electrons. The Kier molecular flexibility index (Phi) is 5.87. The van der Waals surface area contributed by atoms with Crippen LogP contribution in [-0.2, 0) is 6.54 Å². The Morgan fingerprint density at radius 3 is 2.75 bits per heavy atom. The zero-order valence-electron chi connectivity index (χ0n) is 15.0. The average molecular weight is 330 g/mol. The SMILES string of the molecule is CNCC1CCN(C(=O)c2cccc(CN3CCN(C)CC3)c2)C1. The Morgan fingerprint density at radius 2 is 2.00 bits per heavy atom. The maximum Gasteiger partial charge on any atom is 0.253 e. The summed E-state index contributed by atoms with van der Waals surface area (Å²) in [6, 6.07) is 8.22. The first-order valence-corrected chi connectivity index (χ1v) is 9.09. The summed E-state index contributed by atoms with van der Waals surface area (Å²) in [7, 11) is 4.15. The van der Waals surface area contributed by atoms with Gasteiger partial charge in [-0.2, -0.15) is 0 Å². The molecule has 3 rings (SSSR count). The highest BCUT2D eigenvalue weighted by Crippen LogP contribution is 2.19. The third-order valence-corrected chi connectivity index (χ3v) is 5.24.